The molecule has 1 aromatic carbocycles. The molecule has 180 valence electrons. The fraction of sp³-hybridized carbons (Fsp3) is 0.444. The van der Waals surface area contributed by atoms with E-state index in [0.29, 0.717) is 6.54 Å². The van der Waals surface area contributed by atoms with E-state index in [-0.39, 0.29) is 6.54 Å². The number of nitrogens with one attached hydrogen (secondary N) is 2. The highest BCUT2D eigenvalue weighted by Gasteiger charge is 2.11. The number of aliphatic carboxylic acids is 1. The molecular weight excluding hydrogens is 426 g/mol. The lowest BCUT2D eigenvalue weighted by atomic mass is 10.0. The lowest BCUT2D eigenvalue weighted by molar-refractivity contribution is -0.135. The van der Waals surface area contributed by atoms with E-state index in [1.165, 1.54) is 37.9 Å². The Bertz CT molecular complexity index is 1060. The Labute approximate surface area is 201 Å². The molecule has 0 aliphatic carbocycles. The second-order valence-electron chi connectivity index (χ2n) is 9.00. The van der Waals surface area contributed by atoms with Crippen molar-refractivity contribution >= 4 is 22.6 Å². The summed E-state index contributed by atoms with van der Waals surface area (Å²) >= 11 is 0. The van der Waals surface area contributed by atoms with Crippen LogP contribution in [0.3, 0.4) is 0 Å². The van der Waals surface area contributed by atoms with Crippen LogP contribution in [-0.4, -0.2) is 65.2 Å². The van der Waals surface area contributed by atoms with Crippen LogP contribution in [0.25, 0.3) is 22.2 Å². The minimum Gasteiger partial charge on any atom is -0.480 e. The van der Waals surface area contributed by atoms with E-state index in [2.05, 4.69) is 50.8 Å². The maximum absolute atomic E-state index is 10.6. The van der Waals surface area contributed by atoms with E-state index >= 15 is 0 Å². The fourth-order valence-electron chi connectivity index (χ4n) is 4.53. The van der Waals surface area contributed by atoms with Crippen LogP contribution in [0, 0.1) is 0 Å². The van der Waals surface area contributed by atoms with Gasteiger partial charge in [-0.1, -0.05) is 30.7 Å². The highest BCUT2D eigenvalue weighted by atomic mass is 16.4. The molecule has 3 heterocycles. The Hall–Kier alpha value is -3.03. The molecule has 0 radical (unpaired) electrons. The van der Waals surface area contributed by atoms with Gasteiger partial charge in [0.05, 0.1) is 17.8 Å². The number of nitrogens with zero attached hydrogens (tertiary/aromatic N) is 3. The average Bonchev–Trinajstić information content (AvgIpc) is 2.87. The smallest absolute Gasteiger partial charge is 0.317 e. The number of benzene rings is 1. The number of likely N-dealkylation sites (tertiary alicyclic amines) is 1. The van der Waals surface area contributed by atoms with Gasteiger partial charge < -0.3 is 20.6 Å². The third-order valence-electron chi connectivity index (χ3n) is 6.37. The van der Waals surface area contributed by atoms with Crippen molar-refractivity contribution in [3.05, 3.63) is 54.4 Å². The molecule has 0 atom stereocenters. The summed E-state index contributed by atoms with van der Waals surface area (Å²) in [6, 6.07) is 12.6. The monoisotopic (exact) mass is 461 g/mol. The quantitative estimate of drug-likeness (QED) is 0.348. The van der Waals surface area contributed by atoms with Crippen molar-refractivity contribution in [3.8, 4) is 11.3 Å². The number of piperidine rings is 1. The number of pyridine rings is 2. The topological polar surface area (TPSA) is 90.4 Å². The fourth-order valence-corrected chi connectivity index (χ4v) is 4.53. The van der Waals surface area contributed by atoms with Crippen molar-refractivity contribution in [3.63, 3.8) is 0 Å². The molecule has 0 unspecified atom stereocenters. The molecule has 0 bridgehead atoms. The minimum atomic E-state index is -0.820. The Morgan fingerprint density at radius 3 is 2.65 bits per heavy atom. The molecule has 0 saturated carbocycles. The third-order valence-corrected chi connectivity index (χ3v) is 6.37. The molecule has 1 aliphatic heterocycles. The molecule has 1 fully saturated rings. The van der Waals surface area contributed by atoms with E-state index in [0.717, 1.165) is 60.2 Å². The zero-order chi connectivity index (χ0) is 23.6. The molecule has 1 saturated heterocycles. The maximum Gasteiger partial charge on any atom is 0.317 e. The van der Waals surface area contributed by atoms with Crippen molar-refractivity contribution in [2.75, 3.05) is 44.6 Å². The van der Waals surface area contributed by atoms with Crippen LogP contribution >= 0.6 is 0 Å². The van der Waals surface area contributed by atoms with Gasteiger partial charge in [-0.2, -0.15) is 0 Å². The zero-order valence-electron chi connectivity index (χ0n) is 19.8. The van der Waals surface area contributed by atoms with E-state index in [1.54, 1.807) is 6.20 Å². The summed E-state index contributed by atoms with van der Waals surface area (Å²) in [5, 5.41) is 16.3. The SMILES string of the molecule is O=C(O)CNCCCc1ccc(-c2cc(NCCCN3CCCCC3)c3cnccc3n2)cc1. The van der Waals surface area contributed by atoms with E-state index in [9.17, 15) is 4.79 Å². The van der Waals surface area contributed by atoms with Gasteiger partial charge >= 0.3 is 5.97 Å². The van der Waals surface area contributed by atoms with Crippen LogP contribution in [0.1, 0.15) is 37.7 Å². The second kappa shape index (κ2) is 12.4. The number of carboxylic acids is 1. The van der Waals surface area contributed by atoms with Gasteiger partial charge in [0, 0.05) is 35.6 Å². The van der Waals surface area contributed by atoms with Crippen LogP contribution in [-0.2, 0) is 11.2 Å². The second-order valence-corrected chi connectivity index (χ2v) is 9.00. The Morgan fingerprint density at radius 1 is 1.03 bits per heavy atom. The van der Waals surface area contributed by atoms with Gasteiger partial charge in [-0.15, -0.1) is 0 Å². The lowest BCUT2D eigenvalue weighted by Gasteiger charge is -2.26. The molecular formula is C27H35N5O2. The zero-order valence-corrected chi connectivity index (χ0v) is 19.8. The summed E-state index contributed by atoms with van der Waals surface area (Å²) in [5.74, 6) is -0.820. The first-order valence-corrected chi connectivity index (χ1v) is 12.4. The number of rotatable bonds is 12. The van der Waals surface area contributed by atoms with Crippen LogP contribution in [0.15, 0.2) is 48.8 Å². The molecule has 0 amide bonds. The number of carboxylic acid groups (broad SMARTS) is 1. The van der Waals surface area contributed by atoms with Gasteiger partial charge in [-0.3, -0.25) is 9.78 Å². The Balaban J connectivity index is 1.38. The number of aryl methyl sites for hydroxylation is 1. The van der Waals surface area contributed by atoms with Crippen LogP contribution in [0.2, 0.25) is 0 Å². The van der Waals surface area contributed by atoms with Gasteiger partial charge in [-0.25, -0.2) is 4.98 Å². The third kappa shape index (κ3) is 6.98. The van der Waals surface area contributed by atoms with Gasteiger partial charge in [0.15, 0.2) is 0 Å². The number of carbonyl (C=O) groups is 1. The molecule has 3 N–H and O–H groups in total. The molecule has 1 aliphatic rings. The summed E-state index contributed by atoms with van der Waals surface area (Å²) in [7, 11) is 0. The number of aromatic nitrogens is 2. The average molecular weight is 462 g/mol. The number of fused-ring (bicyclic) bond motifs is 1. The van der Waals surface area contributed by atoms with Gasteiger partial charge in [0.1, 0.15) is 0 Å². The van der Waals surface area contributed by atoms with Crippen molar-refractivity contribution in [1.29, 1.82) is 0 Å². The molecule has 7 heteroatoms. The molecule has 4 rings (SSSR count). The highest BCUT2D eigenvalue weighted by Crippen LogP contribution is 2.28. The van der Waals surface area contributed by atoms with E-state index < -0.39 is 5.97 Å². The predicted molar refractivity (Wildman–Crippen MR) is 137 cm³/mol. The highest BCUT2D eigenvalue weighted by molar-refractivity contribution is 5.93. The molecule has 7 nitrogen and oxygen atoms in total. The van der Waals surface area contributed by atoms with Crippen LogP contribution < -0.4 is 10.6 Å². The minimum absolute atomic E-state index is 0.0106. The van der Waals surface area contributed by atoms with Gasteiger partial charge in [-0.05, 0) is 76.0 Å². The van der Waals surface area contributed by atoms with Crippen molar-refractivity contribution in [2.45, 2.75) is 38.5 Å². The lowest BCUT2D eigenvalue weighted by Crippen LogP contribution is -2.31. The van der Waals surface area contributed by atoms with Gasteiger partial charge in [0.25, 0.3) is 0 Å². The summed E-state index contributed by atoms with van der Waals surface area (Å²) in [5.41, 5.74) is 5.30. The van der Waals surface area contributed by atoms with Crippen molar-refractivity contribution in [1.82, 2.24) is 20.2 Å². The Kier molecular flexibility index (Phi) is 8.82. The molecule has 34 heavy (non-hydrogen) atoms. The summed E-state index contributed by atoms with van der Waals surface area (Å²) < 4.78 is 0. The predicted octanol–water partition coefficient (Wildman–Crippen LogP) is 4.19. The summed E-state index contributed by atoms with van der Waals surface area (Å²) in [4.78, 5) is 22.3. The van der Waals surface area contributed by atoms with Crippen molar-refractivity contribution in [2.24, 2.45) is 0 Å². The molecule has 3 aromatic rings. The molecule has 2 aromatic heterocycles. The number of hydrogen-bond acceptors (Lipinski definition) is 6. The largest absolute Gasteiger partial charge is 0.480 e. The van der Waals surface area contributed by atoms with Crippen LogP contribution in [0.4, 0.5) is 5.69 Å². The van der Waals surface area contributed by atoms with Crippen LogP contribution in [0.5, 0.6) is 0 Å². The number of anilines is 1. The first-order valence-electron chi connectivity index (χ1n) is 12.4. The first-order chi connectivity index (χ1) is 16.7. The van der Waals surface area contributed by atoms with Gasteiger partial charge in [0.2, 0.25) is 0 Å². The van der Waals surface area contributed by atoms with Crippen molar-refractivity contribution < 1.29 is 9.90 Å². The van der Waals surface area contributed by atoms with E-state index in [4.69, 9.17) is 10.1 Å². The maximum atomic E-state index is 10.6. The van der Waals surface area contributed by atoms with E-state index in [1.807, 2.05) is 12.3 Å². The summed E-state index contributed by atoms with van der Waals surface area (Å²) in [6.07, 6.45) is 10.7. The number of hydrogen-bond donors (Lipinski definition) is 3. The summed E-state index contributed by atoms with van der Waals surface area (Å²) in [6.45, 7) is 5.26. The first kappa shape index (κ1) is 24.1. The Morgan fingerprint density at radius 2 is 1.85 bits per heavy atom. The standard InChI is InChI=1S/C27H35N5O2/c33-27(34)20-28-12-4-6-21-7-9-22(10-8-21)25-18-26(23-19-29-14-11-24(23)31-25)30-13-5-17-32-15-2-1-3-16-32/h7-11,14,18-19,28H,1-6,12-13,15-17,20H2,(H,30,31)(H,33,34). The molecule has 0 spiro atoms. The normalized spacial score (nSPS) is 14.4.